The van der Waals surface area contributed by atoms with Gasteiger partial charge in [0.15, 0.2) is 0 Å². The first-order chi connectivity index (χ1) is 11.7. The number of esters is 1. The average Bonchev–Trinajstić information content (AvgIpc) is 2.78. The van der Waals surface area contributed by atoms with Gasteiger partial charge in [-0.25, -0.2) is 4.79 Å². The largest absolute Gasteiger partial charge is 0.456 e. The number of hydrogen-bond donors (Lipinski definition) is 1. The maximum absolute atomic E-state index is 12.2. The monoisotopic (exact) mass is 349 g/mol. The van der Waals surface area contributed by atoms with E-state index >= 15 is 0 Å². The number of nitro benzene ring substituents is 1. The van der Waals surface area contributed by atoms with Crippen LogP contribution in [0.4, 0.5) is 10.5 Å². The summed E-state index contributed by atoms with van der Waals surface area (Å²) >= 11 is 0. The molecule has 0 radical (unpaired) electrons. The average molecular weight is 349 g/mol. The van der Waals surface area contributed by atoms with E-state index in [1.807, 2.05) is 0 Å². The van der Waals surface area contributed by atoms with Gasteiger partial charge in [0.2, 0.25) is 0 Å². The number of benzene rings is 1. The predicted octanol–water partition coefficient (Wildman–Crippen LogP) is 1.92. The highest BCUT2D eigenvalue weighted by Crippen LogP contribution is 2.23. The summed E-state index contributed by atoms with van der Waals surface area (Å²) in [4.78, 5) is 47.2. The number of carbonyl (C=O) groups excluding carboxylic acids is 3. The molecule has 0 spiro atoms. The van der Waals surface area contributed by atoms with Crippen LogP contribution in [-0.4, -0.2) is 39.8 Å². The molecule has 9 heteroatoms. The van der Waals surface area contributed by atoms with Gasteiger partial charge >= 0.3 is 12.0 Å². The topological polar surface area (TPSA) is 119 Å². The summed E-state index contributed by atoms with van der Waals surface area (Å²) in [7, 11) is 0. The van der Waals surface area contributed by atoms with Crippen molar-refractivity contribution in [2.75, 3.05) is 6.54 Å². The lowest BCUT2D eigenvalue weighted by Crippen LogP contribution is -2.43. The van der Waals surface area contributed by atoms with Gasteiger partial charge in [0.05, 0.1) is 4.92 Å². The van der Waals surface area contributed by atoms with E-state index < -0.39 is 41.0 Å². The molecule has 1 N–H and O–H groups in total. The highest BCUT2D eigenvalue weighted by Gasteiger charge is 2.47. The Bertz CT molecular complexity index is 734. The van der Waals surface area contributed by atoms with Crippen LogP contribution < -0.4 is 5.32 Å². The van der Waals surface area contributed by atoms with Crippen LogP contribution in [0.2, 0.25) is 0 Å². The van der Waals surface area contributed by atoms with E-state index in [-0.39, 0.29) is 5.69 Å². The first-order valence-electron chi connectivity index (χ1n) is 7.76. The van der Waals surface area contributed by atoms with Crippen molar-refractivity contribution < 1.29 is 24.0 Å². The summed E-state index contributed by atoms with van der Waals surface area (Å²) in [5.74, 6) is -1.26. The van der Waals surface area contributed by atoms with Crippen molar-refractivity contribution in [1.29, 1.82) is 0 Å². The van der Waals surface area contributed by atoms with Crippen LogP contribution >= 0.6 is 0 Å². The quantitative estimate of drug-likeness (QED) is 0.363. The van der Waals surface area contributed by atoms with E-state index in [9.17, 15) is 24.5 Å². The van der Waals surface area contributed by atoms with Gasteiger partial charge in [-0.05, 0) is 25.8 Å². The van der Waals surface area contributed by atoms with E-state index in [1.54, 1.807) is 26.8 Å². The Kier molecular flexibility index (Phi) is 5.05. The summed E-state index contributed by atoms with van der Waals surface area (Å²) < 4.78 is 5.20. The van der Waals surface area contributed by atoms with Crippen LogP contribution in [0.1, 0.15) is 38.9 Å². The highest BCUT2D eigenvalue weighted by molar-refractivity contribution is 6.08. The molecule has 1 heterocycles. The second-order valence-corrected chi connectivity index (χ2v) is 5.99. The van der Waals surface area contributed by atoms with Gasteiger partial charge < -0.3 is 10.1 Å². The molecule has 0 aliphatic carbocycles. The third kappa shape index (κ3) is 3.76. The van der Waals surface area contributed by atoms with Gasteiger partial charge in [0.25, 0.3) is 11.6 Å². The predicted molar refractivity (Wildman–Crippen MR) is 86.5 cm³/mol. The SMILES string of the molecule is CC[C@@]1(C)NC(=O)N(CC(=O)O[C@@H](C)c2cccc([N+](=O)[O-])c2)C1=O. The molecular formula is C16H19N3O6. The molecule has 0 saturated carbocycles. The third-order valence-electron chi connectivity index (χ3n) is 4.20. The number of amides is 3. The van der Waals surface area contributed by atoms with Crippen LogP contribution in [0.5, 0.6) is 0 Å². The number of urea groups is 1. The fraction of sp³-hybridized carbons (Fsp3) is 0.438. The number of nitrogens with zero attached hydrogens (tertiary/aromatic N) is 2. The molecule has 1 saturated heterocycles. The third-order valence-corrected chi connectivity index (χ3v) is 4.20. The lowest BCUT2D eigenvalue weighted by molar-refractivity contribution is -0.385. The van der Waals surface area contributed by atoms with Crippen molar-refractivity contribution in [2.24, 2.45) is 0 Å². The number of imide groups is 1. The van der Waals surface area contributed by atoms with Gasteiger partial charge in [-0.1, -0.05) is 19.1 Å². The molecule has 1 aliphatic rings. The normalized spacial score (nSPS) is 21.0. The maximum Gasteiger partial charge on any atom is 0.326 e. The number of rotatable bonds is 6. The molecule has 134 valence electrons. The molecule has 1 aromatic carbocycles. The van der Waals surface area contributed by atoms with Crippen molar-refractivity contribution in [2.45, 2.75) is 38.8 Å². The number of nitro groups is 1. The van der Waals surface area contributed by atoms with Gasteiger partial charge in [0.1, 0.15) is 18.2 Å². The van der Waals surface area contributed by atoms with Gasteiger partial charge in [-0.2, -0.15) is 0 Å². The molecule has 0 bridgehead atoms. The zero-order valence-corrected chi connectivity index (χ0v) is 14.1. The van der Waals surface area contributed by atoms with Gasteiger partial charge in [-0.3, -0.25) is 24.6 Å². The van der Waals surface area contributed by atoms with Crippen LogP contribution in [-0.2, 0) is 14.3 Å². The maximum atomic E-state index is 12.2. The van der Waals surface area contributed by atoms with Crippen LogP contribution in [0.3, 0.4) is 0 Å². The Labute approximate surface area is 144 Å². The number of non-ortho nitro benzene ring substituents is 1. The van der Waals surface area contributed by atoms with Crippen molar-refractivity contribution >= 4 is 23.6 Å². The van der Waals surface area contributed by atoms with Crippen molar-refractivity contribution in [3.8, 4) is 0 Å². The minimum atomic E-state index is -1.02. The molecule has 1 fully saturated rings. The standard InChI is InChI=1S/C16H19N3O6/c1-4-16(3)14(21)18(15(22)17-16)9-13(20)25-10(2)11-6-5-7-12(8-11)19(23)24/h5-8,10H,4,9H2,1-3H3,(H,17,22)/t10-,16+/m0/s1. The van der Waals surface area contributed by atoms with Gasteiger partial charge in [-0.15, -0.1) is 0 Å². The zero-order valence-electron chi connectivity index (χ0n) is 14.1. The Balaban J connectivity index is 2.03. The molecule has 1 aromatic rings. The zero-order chi connectivity index (χ0) is 18.8. The van der Waals surface area contributed by atoms with E-state index in [4.69, 9.17) is 4.74 Å². The minimum Gasteiger partial charge on any atom is -0.456 e. The molecule has 9 nitrogen and oxygen atoms in total. The summed E-state index contributed by atoms with van der Waals surface area (Å²) in [5, 5.41) is 13.3. The molecule has 2 rings (SSSR count). The smallest absolute Gasteiger partial charge is 0.326 e. The summed E-state index contributed by atoms with van der Waals surface area (Å²) in [6, 6.07) is 5.07. The Morgan fingerprint density at radius 3 is 2.68 bits per heavy atom. The fourth-order valence-corrected chi connectivity index (χ4v) is 2.45. The molecule has 0 aromatic heterocycles. The molecule has 25 heavy (non-hydrogen) atoms. The Hall–Kier alpha value is -2.97. The lowest BCUT2D eigenvalue weighted by atomic mass is 9.99. The molecule has 3 amide bonds. The molecule has 0 unspecified atom stereocenters. The Morgan fingerprint density at radius 2 is 2.12 bits per heavy atom. The Morgan fingerprint density at radius 1 is 1.44 bits per heavy atom. The molecule has 1 aliphatic heterocycles. The number of ether oxygens (including phenoxy) is 1. The lowest BCUT2D eigenvalue weighted by Gasteiger charge is -2.19. The van der Waals surface area contributed by atoms with Crippen LogP contribution in [0.15, 0.2) is 24.3 Å². The fourth-order valence-electron chi connectivity index (χ4n) is 2.45. The molecule has 2 atom stereocenters. The second-order valence-electron chi connectivity index (χ2n) is 5.99. The van der Waals surface area contributed by atoms with Crippen molar-refractivity contribution in [3.63, 3.8) is 0 Å². The number of nitrogens with one attached hydrogen (secondary N) is 1. The summed E-state index contributed by atoms with van der Waals surface area (Å²) in [6.45, 7) is 4.38. The first-order valence-corrected chi connectivity index (χ1v) is 7.76. The second kappa shape index (κ2) is 6.88. The van der Waals surface area contributed by atoms with E-state index in [2.05, 4.69) is 5.32 Å². The number of hydrogen-bond acceptors (Lipinski definition) is 6. The van der Waals surface area contributed by atoms with E-state index in [1.165, 1.54) is 18.2 Å². The number of carbonyl (C=O) groups is 3. The summed E-state index contributed by atoms with van der Waals surface area (Å²) in [6.07, 6.45) is -0.363. The van der Waals surface area contributed by atoms with Gasteiger partial charge in [0, 0.05) is 12.1 Å². The van der Waals surface area contributed by atoms with Crippen molar-refractivity contribution in [1.82, 2.24) is 10.2 Å². The first kappa shape index (κ1) is 18.4. The van der Waals surface area contributed by atoms with E-state index in [0.717, 1.165) is 4.90 Å². The molecular weight excluding hydrogens is 330 g/mol. The minimum absolute atomic E-state index is 0.117. The van der Waals surface area contributed by atoms with E-state index in [0.29, 0.717) is 12.0 Å². The summed E-state index contributed by atoms with van der Waals surface area (Å²) in [5.41, 5.74) is -0.699. The highest BCUT2D eigenvalue weighted by atomic mass is 16.6. The van der Waals surface area contributed by atoms with Crippen LogP contribution in [0, 0.1) is 10.1 Å². The van der Waals surface area contributed by atoms with Crippen molar-refractivity contribution in [3.05, 3.63) is 39.9 Å². The van der Waals surface area contributed by atoms with Crippen LogP contribution in [0.25, 0.3) is 0 Å².